The van der Waals surface area contributed by atoms with Gasteiger partial charge in [-0.15, -0.1) is 11.8 Å². The summed E-state index contributed by atoms with van der Waals surface area (Å²) in [5.74, 6) is 0.554. The number of hydrogen-bond acceptors (Lipinski definition) is 5. The minimum atomic E-state index is -0.999. The lowest BCUT2D eigenvalue weighted by atomic mass is 10.1. The Hall–Kier alpha value is -0.590. The summed E-state index contributed by atoms with van der Waals surface area (Å²) in [4.78, 5) is 1.09. The van der Waals surface area contributed by atoms with Gasteiger partial charge >= 0.3 is 0 Å². The minimum absolute atomic E-state index is 0.273. The van der Waals surface area contributed by atoms with Crippen molar-refractivity contribution >= 4 is 11.8 Å². The van der Waals surface area contributed by atoms with E-state index in [0.717, 1.165) is 4.90 Å². The van der Waals surface area contributed by atoms with E-state index < -0.39 is 24.4 Å². The number of ether oxygens (including phenoxy) is 1. The smallest absolute Gasteiger partial charge is 0.111 e. The highest BCUT2D eigenvalue weighted by molar-refractivity contribution is 7.99. The van der Waals surface area contributed by atoms with E-state index in [9.17, 15) is 10.2 Å². The molecule has 1 fully saturated rings. The molecule has 4 nitrogen and oxygen atoms in total. The van der Waals surface area contributed by atoms with Crippen molar-refractivity contribution in [2.24, 2.45) is 0 Å². The fourth-order valence-corrected chi connectivity index (χ4v) is 2.79. The summed E-state index contributed by atoms with van der Waals surface area (Å²) in [6.07, 6.45) is -3.04. The number of aliphatic hydroxyl groups is 3. The molecular weight excluding hydrogens is 240 g/mol. The molecule has 2 rings (SSSR count). The third-order valence-corrected chi connectivity index (χ3v) is 3.90. The van der Waals surface area contributed by atoms with Gasteiger partial charge in [-0.1, -0.05) is 18.2 Å². The van der Waals surface area contributed by atoms with E-state index in [1.54, 1.807) is 11.8 Å². The summed E-state index contributed by atoms with van der Waals surface area (Å²) in [7, 11) is 0. The highest BCUT2D eigenvalue weighted by Crippen LogP contribution is 2.27. The molecule has 4 atom stereocenters. The fourth-order valence-electron chi connectivity index (χ4n) is 1.81. The molecule has 0 spiro atoms. The molecule has 0 bridgehead atoms. The Balaban J connectivity index is 1.88. The van der Waals surface area contributed by atoms with Crippen molar-refractivity contribution in [3.8, 4) is 0 Å². The standard InChI is InChI=1S/C12H16O4S/c13-6-9-11(14)12(15)10(16-9)7-17-8-4-2-1-3-5-8/h1-5,9-15H,6-7H2/t9-,10+,11-,12+/m1/s1. The predicted molar refractivity (Wildman–Crippen MR) is 64.9 cm³/mol. The third kappa shape index (κ3) is 3.00. The normalized spacial score (nSPS) is 32.9. The van der Waals surface area contributed by atoms with Crippen LogP contribution in [0.4, 0.5) is 0 Å². The molecule has 0 aromatic heterocycles. The van der Waals surface area contributed by atoms with Crippen molar-refractivity contribution in [3.05, 3.63) is 30.3 Å². The Morgan fingerprint density at radius 3 is 2.29 bits per heavy atom. The Bertz CT molecular complexity index is 346. The van der Waals surface area contributed by atoms with Crippen LogP contribution in [0.3, 0.4) is 0 Å². The van der Waals surface area contributed by atoms with E-state index in [4.69, 9.17) is 9.84 Å². The van der Waals surface area contributed by atoms with Gasteiger partial charge < -0.3 is 20.1 Å². The van der Waals surface area contributed by atoms with Crippen molar-refractivity contribution in [2.45, 2.75) is 29.3 Å². The quantitative estimate of drug-likeness (QED) is 0.674. The summed E-state index contributed by atoms with van der Waals surface area (Å²) in [6.45, 7) is -0.273. The van der Waals surface area contributed by atoms with Crippen molar-refractivity contribution in [3.63, 3.8) is 0 Å². The van der Waals surface area contributed by atoms with Crippen LogP contribution in [0, 0.1) is 0 Å². The molecule has 17 heavy (non-hydrogen) atoms. The first-order valence-electron chi connectivity index (χ1n) is 5.52. The second-order valence-corrected chi connectivity index (χ2v) is 5.09. The van der Waals surface area contributed by atoms with E-state index in [0.29, 0.717) is 5.75 Å². The Labute approximate surface area is 104 Å². The van der Waals surface area contributed by atoms with Gasteiger partial charge in [0.15, 0.2) is 0 Å². The molecule has 1 aromatic carbocycles. The topological polar surface area (TPSA) is 69.9 Å². The molecule has 1 saturated heterocycles. The fraction of sp³-hybridized carbons (Fsp3) is 0.500. The molecule has 5 heteroatoms. The SMILES string of the molecule is OC[C@H]1O[C@@H](CSc2ccccc2)[C@H](O)[C@@H]1O. The molecule has 0 saturated carbocycles. The van der Waals surface area contributed by atoms with Crippen LogP contribution in [-0.4, -0.2) is 52.1 Å². The lowest BCUT2D eigenvalue weighted by molar-refractivity contribution is -0.0161. The van der Waals surface area contributed by atoms with Gasteiger partial charge in [-0.05, 0) is 12.1 Å². The number of aliphatic hydroxyl groups excluding tert-OH is 3. The average molecular weight is 256 g/mol. The van der Waals surface area contributed by atoms with Gasteiger partial charge in [0.25, 0.3) is 0 Å². The van der Waals surface area contributed by atoms with Crippen LogP contribution in [0.1, 0.15) is 0 Å². The maximum Gasteiger partial charge on any atom is 0.111 e. The minimum Gasteiger partial charge on any atom is -0.394 e. The molecule has 1 aliphatic heterocycles. The lowest BCUT2D eigenvalue weighted by Gasteiger charge is -2.13. The first kappa shape index (κ1) is 12.9. The van der Waals surface area contributed by atoms with E-state index in [1.807, 2.05) is 30.3 Å². The van der Waals surface area contributed by atoms with Crippen molar-refractivity contribution < 1.29 is 20.1 Å². The van der Waals surface area contributed by atoms with E-state index in [1.165, 1.54) is 0 Å². The maximum absolute atomic E-state index is 9.74. The molecule has 0 aliphatic carbocycles. The predicted octanol–water partition coefficient (Wildman–Crippen LogP) is 0.260. The van der Waals surface area contributed by atoms with Crippen LogP contribution in [0.25, 0.3) is 0 Å². The van der Waals surface area contributed by atoms with Gasteiger partial charge in [0, 0.05) is 10.6 Å². The first-order chi connectivity index (χ1) is 8.22. The number of benzene rings is 1. The van der Waals surface area contributed by atoms with Crippen molar-refractivity contribution in [2.75, 3.05) is 12.4 Å². The highest BCUT2D eigenvalue weighted by Gasteiger charge is 2.41. The third-order valence-electron chi connectivity index (χ3n) is 2.80. The molecular formula is C12H16O4S. The lowest BCUT2D eigenvalue weighted by Crippen LogP contribution is -2.34. The van der Waals surface area contributed by atoms with Gasteiger partial charge in [0.05, 0.1) is 12.7 Å². The number of rotatable bonds is 4. The number of hydrogen-bond donors (Lipinski definition) is 3. The summed E-state index contributed by atoms with van der Waals surface area (Å²) >= 11 is 1.56. The zero-order chi connectivity index (χ0) is 12.3. The van der Waals surface area contributed by atoms with Crippen molar-refractivity contribution in [1.82, 2.24) is 0 Å². The van der Waals surface area contributed by atoms with Gasteiger partial charge in [-0.3, -0.25) is 0 Å². The molecule has 1 aliphatic rings. The zero-order valence-corrected chi connectivity index (χ0v) is 10.1. The van der Waals surface area contributed by atoms with Crippen LogP contribution in [0.2, 0.25) is 0 Å². The van der Waals surface area contributed by atoms with Crippen LogP contribution < -0.4 is 0 Å². The van der Waals surface area contributed by atoms with Gasteiger partial charge in [0.1, 0.15) is 18.3 Å². The molecule has 0 amide bonds. The zero-order valence-electron chi connectivity index (χ0n) is 9.27. The largest absolute Gasteiger partial charge is 0.394 e. The molecule has 0 radical (unpaired) electrons. The van der Waals surface area contributed by atoms with Crippen LogP contribution >= 0.6 is 11.8 Å². The molecule has 1 aromatic rings. The van der Waals surface area contributed by atoms with Crippen LogP contribution in [0.15, 0.2) is 35.2 Å². The molecule has 94 valence electrons. The Kier molecular flexibility index (Phi) is 4.42. The highest BCUT2D eigenvalue weighted by atomic mass is 32.2. The summed E-state index contributed by atoms with van der Waals surface area (Å²) in [5.41, 5.74) is 0. The summed E-state index contributed by atoms with van der Waals surface area (Å²) in [6, 6.07) is 9.79. The Morgan fingerprint density at radius 2 is 1.71 bits per heavy atom. The van der Waals surface area contributed by atoms with E-state index >= 15 is 0 Å². The molecule has 0 unspecified atom stereocenters. The van der Waals surface area contributed by atoms with Gasteiger partial charge in [-0.2, -0.15) is 0 Å². The summed E-state index contributed by atoms with van der Waals surface area (Å²) < 4.78 is 5.39. The summed E-state index contributed by atoms with van der Waals surface area (Å²) in [5, 5.41) is 28.3. The van der Waals surface area contributed by atoms with Crippen LogP contribution in [-0.2, 0) is 4.74 Å². The van der Waals surface area contributed by atoms with Gasteiger partial charge in [-0.25, -0.2) is 0 Å². The van der Waals surface area contributed by atoms with Gasteiger partial charge in [0.2, 0.25) is 0 Å². The second kappa shape index (κ2) is 5.84. The van der Waals surface area contributed by atoms with Crippen LogP contribution in [0.5, 0.6) is 0 Å². The number of thioether (sulfide) groups is 1. The molecule has 1 heterocycles. The molecule has 3 N–H and O–H groups in total. The maximum atomic E-state index is 9.74. The monoisotopic (exact) mass is 256 g/mol. The second-order valence-electron chi connectivity index (χ2n) is 4.00. The van der Waals surface area contributed by atoms with E-state index in [2.05, 4.69) is 0 Å². The van der Waals surface area contributed by atoms with E-state index in [-0.39, 0.29) is 6.61 Å². The Morgan fingerprint density at radius 1 is 1.06 bits per heavy atom. The average Bonchev–Trinajstić information content (AvgIpc) is 2.65. The first-order valence-corrected chi connectivity index (χ1v) is 6.51. The van der Waals surface area contributed by atoms with Crippen molar-refractivity contribution in [1.29, 1.82) is 0 Å².